The van der Waals surface area contributed by atoms with E-state index in [0.29, 0.717) is 30.3 Å². The van der Waals surface area contributed by atoms with E-state index < -0.39 is 11.9 Å². The molecule has 1 aromatic heterocycles. The number of ether oxygens (including phenoxy) is 1. The van der Waals surface area contributed by atoms with Gasteiger partial charge in [-0.3, -0.25) is 24.6 Å². The van der Waals surface area contributed by atoms with E-state index in [1.807, 2.05) is 24.3 Å². The highest BCUT2D eigenvalue weighted by Crippen LogP contribution is 2.49. The van der Waals surface area contributed by atoms with Crippen molar-refractivity contribution in [2.45, 2.75) is 50.2 Å². The summed E-state index contributed by atoms with van der Waals surface area (Å²) >= 11 is 6.04. The maximum atomic E-state index is 13.1. The van der Waals surface area contributed by atoms with Crippen molar-refractivity contribution in [2.24, 2.45) is 0 Å². The van der Waals surface area contributed by atoms with Gasteiger partial charge in [0.05, 0.1) is 13.2 Å². The zero-order valence-corrected chi connectivity index (χ0v) is 19.4. The number of amides is 3. The number of carbonyl (C=O) groups is 3. The van der Waals surface area contributed by atoms with Crippen LogP contribution in [0.5, 0.6) is 5.75 Å². The van der Waals surface area contributed by atoms with Crippen LogP contribution in [-0.2, 0) is 28.1 Å². The van der Waals surface area contributed by atoms with Gasteiger partial charge in [-0.05, 0) is 56.1 Å². The number of aromatic nitrogens is 1. The van der Waals surface area contributed by atoms with E-state index >= 15 is 0 Å². The highest BCUT2D eigenvalue weighted by molar-refractivity contribution is 6.29. The monoisotopic (exact) mass is 480 g/mol. The van der Waals surface area contributed by atoms with Gasteiger partial charge in [0, 0.05) is 41.3 Å². The Labute approximate surface area is 202 Å². The van der Waals surface area contributed by atoms with Gasteiger partial charge in [0.1, 0.15) is 16.9 Å². The van der Waals surface area contributed by atoms with Crippen LogP contribution in [0.4, 0.5) is 0 Å². The fourth-order valence-corrected chi connectivity index (χ4v) is 6.03. The lowest BCUT2D eigenvalue weighted by Gasteiger charge is -2.38. The van der Waals surface area contributed by atoms with Crippen molar-refractivity contribution in [1.29, 1.82) is 0 Å². The molecule has 0 radical (unpaired) electrons. The van der Waals surface area contributed by atoms with Gasteiger partial charge in [0.15, 0.2) is 0 Å². The number of rotatable bonds is 3. The van der Waals surface area contributed by atoms with Crippen LogP contribution < -0.4 is 10.1 Å². The second-order valence-corrected chi connectivity index (χ2v) is 10.1. The highest BCUT2D eigenvalue weighted by Gasteiger charge is 2.47. The normalized spacial score (nSPS) is 23.6. The molecule has 1 unspecified atom stereocenters. The van der Waals surface area contributed by atoms with Gasteiger partial charge in [0.2, 0.25) is 11.8 Å². The number of likely N-dealkylation sites (tertiary alicyclic amines) is 1. The maximum Gasteiger partial charge on any atom is 0.255 e. The van der Waals surface area contributed by atoms with Crippen LogP contribution in [0.1, 0.15) is 52.7 Å². The Hall–Kier alpha value is -2.97. The Balaban J connectivity index is 1.20. The zero-order chi connectivity index (χ0) is 23.4. The number of imide groups is 1. The molecule has 3 amide bonds. The van der Waals surface area contributed by atoms with E-state index in [4.69, 9.17) is 16.3 Å². The first-order valence-corrected chi connectivity index (χ1v) is 12.1. The standard InChI is InChI=1S/C25H25ClN4O4/c26-20-11-15(5-8-27-20)12-29-9-6-25(7-10-29)14-34-22-17-13-30(19-3-4-21(31)28-23(19)32)24(33)16(17)1-2-18(22)25/h1-2,5,8,11,19H,3-4,6-7,9-10,12-14H2,(H,28,31,32). The Morgan fingerprint density at radius 3 is 2.76 bits per heavy atom. The van der Waals surface area contributed by atoms with Crippen LogP contribution in [0.3, 0.4) is 0 Å². The van der Waals surface area contributed by atoms with E-state index in [1.54, 1.807) is 11.1 Å². The van der Waals surface area contributed by atoms with Crippen molar-refractivity contribution < 1.29 is 19.1 Å². The topological polar surface area (TPSA) is 91.8 Å². The summed E-state index contributed by atoms with van der Waals surface area (Å²) in [5.41, 5.74) is 3.76. The summed E-state index contributed by atoms with van der Waals surface area (Å²) in [4.78, 5) is 45.1. The Morgan fingerprint density at radius 2 is 2.00 bits per heavy atom. The average molecular weight is 481 g/mol. The predicted octanol–water partition coefficient (Wildman–Crippen LogP) is 2.42. The summed E-state index contributed by atoms with van der Waals surface area (Å²) in [6.45, 7) is 3.68. The average Bonchev–Trinajstić information content (AvgIpc) is 3.34. The predicted molar refractivity (Wildman–Crippen MR) is 123 cm³/mol. The number of hydrogen-bond donors (Lipinski definition) is 1. The van der Waals surface area contributed by atoms with Gasteiger partial charge in [-0.2, -0.15) is 0 Å². The summed E-state index contributed by atoms with van der Waals surface area (Å²) in [6, 6.07) is 7.23. The molecule has 8 nitrogen and oxygen atoms in total. The first-order valence-electron chi connectivity index (χ1n) is 11.7. The number of benzene rings is 1. The largest absolute Gasteiger partial charge is 0.492 e. The summed E-state index contributed by atoms with van der Waals surface area (Å²) in [5, 5.41) is 2.87. The summed E-state index contributed by atoms with van der Waals surface area (Å²) in [6.07, 6.45) is 4.29. The number of nitrogens with one attached hydrogen (secondary N) is 1. The lowest BCUT2D eigenvalue weighted by Crippen LogP contribution is -2.52. The molecule has 2 aromatic rings. The minimum absolute atomic E-state index is 0.0537. The number of pyridine rings is 1. The Morgan fingerprint density at radius 1 is 1.18 bits per heavy atom. The third kappa shape index (κ3) is 3.47. The third-order valence-electron chi connectivity index (χ3n) is 7.74. The molecule has 0 saturated carbocycles. The minimum atomic E-state index is -0.617. The number of fused-ring (bicyclic) bond motifs is 4. The number of piperidine rings is 2. The van der Waals surface area contributed by atoms with Gasteiger partial charge < -0.3 is 9.64 Å². The summed E-state index contributed by atoms with van der Waals surface area (Å²) in [7, 11) is 0. The number of nitrogens with zero attached hydrogens (tertiary/aromatic N) is 3. The van der Waals surface area contributed by atoms with Gasteiger partial charge in [-0.1, -0.05) is 17.7 Å². The first kappa shape index (κ1) is 21.6. The van der Waals surface area contributed by atoms with Crippen LogP contribution in [0.2, 0.25) is 5.15 Å². The minimum Gasteiger partial charge on any atom is -0.492 e. The molecule has 4 aliphatic rings. The molecule has 5 heterocycles. The highest BCUT2D eigenvalue weighted by atomic mass is 35.5. The number of carbonyl (C=O) groups excluding carboxylic acids is 3. The molecule has 34 heavy (non-hydrogen) atoms. The molecule has 4 aliphatic heterocycles. The second kappa shape index (κ2) is 8.06. The molecule has 9 heteroatoms. The molecular weight excluding hydrogens is 456 g/mol. The molecule has 0 aliphatic carbocycles. The molecule has 1 spiro atoms. The molecule has 176 valence electrons. The molecular formula is C25H25ClN4O4. The molecule has 1 atom stereocenters. The van der Waals surface area contributed by atoms with Crippen molar-refractivity contribution in [2.75, 3.05) is 19.7 Å². The molecule has 6 rings (SSSR count). The van der Waals surface area contributed by atoms with Crippen LogP contribution in [-0.4, -0.2) is 58.2 Å². The van der Waals surface area contributed by atoms with Gasteiger partial charge in [-0.25, -0.2) is 4.98 Å². The van der Waals surface area contributed by atoms with Crippen LogP contribution in [0, 0.1) is 0 Å². The van der Waals surface area contributed by atoms with E-state index in [0.717, 1.165) is 49.4 Å². The SMILES string of the molecule is O=C1CCC(N2Cc3c(ccc4c3OCC43CCN(Cc4ccnc(Cl)c4)CC3)C2=O)C(=O)N1. The van der Waals surface area contributed by atoms with Crippen molar-refractivity contribution in [3.05, 3.63) is 57.9 Å². The fourth-order valence-electron chi connectivity index (χ4n) is 5.84. The van der Waals surface area contributed by atoms with E-state index in [-0.39, 0.29) is 23.7 Å². The van der Waals surface area contributed by atoms with Crippen LogP contribution in [0.25, 0.3) is 0 Å². The van der Waals surface area contributed by atoms with E-state index in [1.165, 1.54) is 5.56 Å². The molecule has 2 saturated heterocycles. The lowest BCUT2D eigenvalue weighted by atomic mass is 9.74. The molecule has 2 fully saturated rings. The third-order valence-corrected chi connectivity index (χ3v) is 7.95. The van der Waals surface area contributed by atoms with Crippen molar-refractivity contribution in [3.63, 3.8) is 0 Å². The summed E-state index contributed by atoms with van der Waals surface area (Å²) < 4.78 is 6.25. The molecule has 1 aromatic carbocycles. The fraction of sp³-hybridized carbons (Fsp3) is 0.440. The maximum absolute atomic E-state index is 13.1. The first-order chi connectivity index (χ1) is 16.4. The molecule has 0 bridgehead atoms. The zero-order valence-electron chi connectivity index (χ0n) is 18.7. The van der Waals surface area contributed by atoms with E-state index in [9.17, 15) is 14.4 Å². The number of halogens is 1. The van der Waals surface area contributed by atoms with E-state index in [2.05, 4.69) is 15.2 Å². The van der Waals surface area contributed by atoms with Crippen LogP contribution >= 0.6 is 11.6 Å². The van der Waals surface area contributed by atoms with Crippen molar-refractivity contribution in [1.82, 2.24) is 20.1 Å². The summed E-state index contributed by atoms with van der Waals surface area (Å²) in [5.74, 6) is -0.0260. The van der Waals surface area contributed by atoms with Gasteiger partial charge in [0.25, 0.3) is 5.91 Å². The van der Waals surface area contributed by atoms with Gasteiger partial charge >= 0.3 is 0 Å². The number of hydrogen-bond acceptors (Lipinski definition) is 6. The quantitative estimate of drug-likeness (QED) is 0.536. The smallest absolute Gasteiger partial charge is 0.255 e. The second-order valence-electron chi connectivity index (χ2n) is 9.70. The van der Waals surface area contributed by atoms with Crippen molar-refractivity contribution in [3.8, 4) is 5.75 Å². The van der Waals surface area contributed by atoms with Gasteiger partial charge in [-0.15, -0.1) is 0 Å². The molecule has 1 N–H and O–H groups in total. The Kier molecular flexibility index (Phi) is 5.11. The van der Waals surface area contributed by atoms with Crippen LogP contribution in [0.15, 0.2) is 30.5 Å². The van der Waals surface area contributed by atoms with Crippen molar-refractivity contribution >= 4 is 29.3 Å². The Bertz CT molecular complexity index is 1210. The lowest BCUT2D eigenvalue weighted by molar-refractivity contribution is -0.136.